The van der Waals surface area contributed by atoms with Crippen LogP contribution in [0.2, 0.25) is 0 Å². The lowest BCUT2D eigenvalue weighted by molar-refractivity contribution is -0.178. The van der Waals surface area contributed by atoms with Crippen LogP contribution in [0.15, 0.2) is 48.6 Å². The van der Waals surface area contributed by atoms with Gasteiger partial charge >= 0.3 is 11.9 Å². The van der Waals surface area contributed by atoms with Crippen molar-refractivity contribution >= 4 is 29.8 Å². The molecular weight excluding hydrogens is 460 g/mol. The van der Waals surface area contributed by atoms with Crippen LogP contribution in [-0.4, -0.2) is 49.1 Å². The van der Waals surface area contributed by atoms with Gasteiger partial charge in [-0.1, -0.05) is 69.3 Å². The normalized spacial score (nSPS) is 23.9. The fourth-order valence-corrected chi connectivity index (χ4v) is 3.45. The summed E-state index contributed by atoms with van der Waals surface area (Å²) in [5.74, 6) is -2.24. The molecular formula is C28H38N2O6. The molecule has 8 heteroatoms. The van der Waals surface area contributed by atoms with Crippen molar-refractivity contribution in [2.75, 3.05) is 13.1 Å². The molecule has 0 spiro atoms. The molecule has 2 rings (SSSR count). The zero-order valence-corrected chi connectivity index (χ0v) is 21.8. The van der Waals surface area contributed by atoms with Gasteiger partial charge in [0.25, 0.3) is 0 Å². The van der Waals surface area contributed by atoms with Crippen LogP contribution < -0.4 is 10.6 Å². The molecule has 8 nitrogen and oxygen atoms in total. The average molecular weight is 499 g/mol. The van der Waals surface area contributed by atoms with Gasteiger partial charge in [0.15, 0.2) is 6.10 Å². The minimum Gasteiger partial charge on any atom is -0.459 e. The molecule has 36 heavy (non-hydrogen) atoms. The van der Waals surface area contributed by atoms with Gasteiger partial charge in [-0.2, -0.15) is 0 Å². The van der Waals surface area contributed by atoms with Crippen LogP contribution in [0.3, 0.4) is 0 Å². The molecule has 0 saturated carbocycles. The van der Waals surface area contributed by atoms with E-state index < -0.39 is 41.4 Å². The number of cyclic esters (lactones) is 2. The van der Waals surface area contributed by atoms with Gasteiger partial charge in [-0.25, -0.2) is 4.79 Å². The first kappa shape index (κ1) is 28.8. The first-order chi connectivity index (χ1) is 17.0. The lowest BCUT2D eigenvalue weighted by Gasteiger charge is -2.28. The summed E-state index contributed by atoms with van der Waals surface area (Å²) in [4.78, 5) is 50.4. The van der Waals surface area contributed by atoms with Gasteiger partial charge in [0.2, 0.25) is 11.8 Å². The van der Waals surface area contributed by atoms with Crippen molar-refractivity contribution in [3.8, 4) is 0 Å². The van der Waals surface area contributed by atoms with Gasteiger partial charge in [-0.3, -0.25) is 14.4 Å². The van der Waals surface area contributed by atoms with Crippen LogP contribution in [0.1, 0.15) is 53.0 Å². The Bertz CT molecular complexity index is 968. The zero-order valence-electron chi connectivity index (χ0n) is 21.8. The molecule has 0 aromatic heterocycles. The highest BCUT2D eigenvalue weighted by molar-refractivity contribution is 5.91. The third-order valence-electron chi connectivity index (χ3n) is 5.78. The first-order valence-electron chi connectivity index (χ1n) is 12.3. The van der Waals surface area contributed by atoms with Crippen molar-refractivity contribution in [2.45, 2.75) is 59.7 Å². The Morgan fingerprint density at radius 1 is 1.03 bits per heavy atom. The van der Waals surface area contributed by atoms with Crippen molar-refractivity contribution in [1.29, 1.82) is 0 Å². The maximum absolute atomic E-state index is 13.2. The molecule has 0 radical (unpaired) electrons. The van der Waals surface area contributed by atoms with E-state index >= 15 is 0 Å². The van der Waals surface area contributed by atoms with E-state index in [1.165, 1.54) is 6.08 Å². The number of esters is 2. The lowest BCUT2D eigenvalue weighted by atomic mass is 9.93. The molecule has 1 heterocycles. The number of hydrogen-bond acceptors (Lipinski definition) is 6. The number of hydrogen-bond donors (Lipinski definition) is 2. The van der Waals surface area contributed by atoms with Gasteiger partial charge in [0.05, 0.1) is 12.0 Å². The van der Waals surface area contributed by atoms with E-state index in [2.05, 4.69) is 10.6 Å². The molecule has 1 aromatic rings. The van der Waals surface area contributed by atoms with E-state index in [4.69, 9.17) is 9.47 Å². The number of nitrogens with one attached hydrogen (secondary N) is 2. The van der Waals surface area contributed by atoms with Gasteiger partial charge < -0.3 is 20.1 Å². The maximum Gasteiger partial charge on any atom is 0.347 e. The van der Waals surface area contributed by atoms with Crippen molar-refractivity contribution in [2.24, 2.45) is 17.3 Å². The van der Waals surface area contributed by atoms with E-state index in [-0.39, 0.29) is 31.3 Å². The fraction of sp³-hybridized carbons (Fsp3) is 0.500. The number of carbonyl (C=O) groups excluding carboxylic acids is 4. The van der Waals surface area contributed by atoms with E-state index in [1.54, 1.807) is 19.9 Å². The predicted molar refractivity (Wildman–Crippen MR) is 137 cm³/mol. The largest absolute Gasteiger partial charge is 0.459 e. The molecule has 1 aliphatic heterocycles. The Morgan fingerprint density at radius 3 is 2.39 bits per heavy atom. The number of carbonyl (C=O) groups is 4. The second kappa shape index (κ2) is 13.6. The van der Waals surface area contributed by atoms with Crippen molar-refractivity contribution in [3.05, 3.63) is 54.1 Å². The Morgan fingerprint density at radius 2 is 1.72 bits per heavy atom. The highest BCUT2D eigenvalue weighted by Crippen LogP contribution is 2.23. The molecule has 1 aliphatic rings. The Labute approximate surface area is 213 Å². The quantitative estimate of drug-likeness (QED) is 0.602. The predicted octanol–water partition coefficient (Wildman–Crippen LogP) is 3.42. The molecule has 0 aliphatic carbocycles. The van der Waals surface area contributed by atoms with Gasteiger partial charge in [0, 0.05) is 18.9 Å². The van der Waals surface area contributed by atoms with Crippen molar-refractivity contribution < 1.29 is 28.7 Å². The number of rotatable bonds is 5. The van der Waals surface area contributed by atoms with Crippen LogP contribution in [0.5, 0.6) is 0 Å². The average Bonchev–Trinajstić information content (AvgIpc) is 2.83. The summed E-state index contributed by atoms with van der Waals surface area (Å²) < 4.78 is 11.5. The zero-order chi connectivity index (χ0) is 26.7. The molecule has 1 aromatic carbocycles. The topological polar surface area (TPSA) is 111 Å². The van der Waals surface area contributed by atoms with Gasteiger partial charge in [-0.15, -0.1) is 0 Å². The number of benzene rings is 1. The summed E-state index contributed by atoms with van der Waals surface area (Å²) in [5.41, 5.74) is -0.0806. The van der Waals surface area contributed by atoms with E-state index in [9.17, 15) is 19.2 Å². The molecule has 2 amide bonds. The smallest absolute Gasteiger partial charge is 0.347 e. The van der Waals surface area contributed by atoms with Crippen LogP contribution in [0.25, 0.3) is 6.08 Å². The molecule has 2 N–H and O–H groups in total. The third-order valence-corrected chi connectivity index (χ3v) is 5.78. The summed E-state index contributed by atoms with van der Waals surface area (Å²) in [5, 5.41) is 5.12. The second-order valence-corrected chi connectivity index (χ2v) is 10.1. The Kier molecular flexibility index (Phi) is 10.9. The summed E-state index contributed by atoms with van der Waals surface area (Å²) in [6.45, 7) is 8.78. The van der Waals surface area contributed by atoms with E-state index in [0.717, 1.165) is 5.56 Å². The summed E-state index contributed by atoms with van der Waals surface area (Å²) in [7, 11) is 0. The molecule has 0 bridgehead atoms. The van der Waals surface area contributed by atoms with Crippen LogP contribution >= 0.6 is 0 Å². The van der Waals surface area contributed by atoms with Crippen molar-refractivity contribution in [1.82, 2.24) is 10.6 Å². The minimum absolute atomic E-state index is 0.0102. The molecule has 3 atom stereocenters. The fourth-order valence-electron chi connectivity index (χ4n) is 3.45. The van der Waals surface area contributed by atoms with Crippen LogP contribution in [0.4, 0.5) is 0 Å². The number of ether oxygens (including phenoxy) is 2. The highest BCUT2D eigenvalue weighted by atomic mass is 16.6. The monoisotopic (exact) mass is 498 g/mol. The molecule has 0 unspecified atom stereocenters. The Balaban J connectivity index is 2.32. The van der Waals surface area contributed by atoms with Crippen LogP contribution in [-0.2, 0) is 28.7 Å². The van der Waals surface area contributed by atoms with Gasteiger partial charge in [-0.05, 0) is 37.8 Å². The lowest BCUT2D eigenvalue weighted by Crippen LogP contribution is -2.45. The number of amides is 2. The Hall–Kier alpha value is -3.42. The van der Waals surface area contributed by atoms with Crippen LogP contribution in [0, 0.1) is 17.3 Å². The summed E-state index contributed by atoms with van der Waals surface area (Å²) in [6, 6.07) is 9.74. The maximum atomic E-state index is 13.2. The molecule has 0 fully saturated rings. The first-order valence-corrected chi connectivity index (χ1v) is 12.3. The molecule has 0 saturated heterocycles. The third kappa shape index (κ3) is 9.68. The van der Waals surface area contributed by atoms with Crippen molar-refractivity contribution in [3.63, 3.8) is 0 Å². The highest BCUT2D eigenvalue weighted by Gasteiger charge is 2.36. The summed E-state index contributed by atoms with van der Waals surface area (Å²) >= 11 is 0. The second-order valence-electron chi connectivity index (χ2n) is 10.1. The summed E-state index contributed by atoms with van der Waals surface area (Å²) in [6.07, 6.45) is 5.70. The SMILES string of the molecule is CC(C)C[C@@H]1OC(=O)C(C)(C)CNC(=O)CNC(=O)/C=C/C[C@@H]([C@H](C)/C=C/c2ccccc2)OC1=O. The van der Waals surface area contributed by atoms with E-state index in [0.29, 0.717) is 6.42 Å². The molecule has 196 valence electrons. The standard InChI is InChI=1S/C28H38N2O6/c1-19(2)16-23-26(33)35-22(20(3)14-15-21-10-7-6-8-11-21)12-9-13-24(31)29-17-25(32)30-18-28(4,5)27(34)36-23/h6-11,13-15,19-20,22-23H,12,16-18H2,1-5H3,(H,29,31)(H,30,32)/b13-9+,15-14+/t20-,22+,23+/m1/s1. The van der Waals surface area contributed by atoms with E-state index in [1.807, 2.05) is 63.3 Å². The van der Waals surface area contributed by atoms with Gasteiger partial charge in [0.1, 0.15) is 6.10 Å². The minimum atomic E-state index is -1.09.